The monoisotopic (exact) mass is 359 g/mol. The van der Waals surface area contributed by atoms with Crippen LogP contribution in [0.4, 0.5) is 11.4 Å². The van der Waals surface area contributed by atoms with E-state index in [1.54, 1.807) is 17.0 Å². The van der Waals surface area contributed by atoms with Gasteiger partial charge in [0.25, 0.3) is 11.6 Å². The van der Waals surface area contributed by atoms with Crippen LogP contribution in [0.2, 0.25) is 0 Å². The van der Waals surface area contributed by atoms with Crippen molar-refractivity contribution in [3.8, 4) is 0 Å². The SMILES string of the molecule is O=C(Nc1cccc([N+](=O)[O-])c1)C1CCCN(C(=O)c2cccs2)C1. The van der Waals surface area contributed by atoms with Crippen molar-refractivity contribution < 1.29 is 14.5 Å². The van der Waals surface area contributed by atoms with Gasteiger partial charge >= 0.3 is 0 Å². The van der Waals surface area contributed by atoms with Crippen LogP contribution in [0.1, 0.15) is 22.5 Å². The normalized spacial score (nSPS) is 17.1. The van der Waals surface area contributed by atoms with E-state index in [0.29, 0.717) is 30.1 Å². The molecule has 25 heavy (non-hydrogen) atoms. The number of hydrogen-bond acceptors (Lipinski definition) is 5. The summed E-state index contributed by atoms with van der Waals surface area (Å²) in [5, 5.41) is 15.4. The number of benzene rings is 1. The van der Waals surface area contributed by atoms with Gasteiger partial charge in [0.2, 0.25) is 5.91 Å². The number of hydrogen-bond donors (Lipinski definition) is 1. The average molecular weight is 359 g/mol. The Labute approximate surface area is 148 Å². The lowest BCUT2D eigenvalue weighted by molar-refractivity contribution is -0.384. The Balaban J connectivity index is 1.65. The van der Waals surface area contributed by atoms with E-state index in [1.165, 1.54) is 29.5 Å². The second-order valence-electron chi connectivity index (χ2n) is 5.86. The van der Waals surface area contributed by atoms with Crippen LogP contribution < -0.4 is 5.32 Å². The van der Waals surface area contributed by atoms with Gasteiger partial charge in [-0.3, -0.25) is 19.7 Å². The predicted molar refractivity (Wildman–Crippen MR) is 94.7 cm³/mol. The molecule has 1 atom stereocenters. The van der Waals surface area contributed by atoms with Gasteiger partial charge in [-0.05, 0) is 30.4 Å². The molecule has 2 amide bonds. The molecule has 0 bridgehead atoms. The van der Waals surface area contributed by atoms with E-state index in [1.807, 2.05) is 11.4 Å². The van der Waals surface area contributed by atoms with Crippen molar-refractivity contribution >= 4 is 34.5 Å². The van der Waals surface area contributed by atoms with Gasteiger partial charge in [-0.25, -0.2) is 0 Å². The zero-order valence-corrected chi connectivity index (χ0v) is 14.2. The van der Waals surface area contributed by atoms with Gasteiger partial charge in [0.15, 0.2) is 0 Å². The molecule has 0 spiro atoms. The number of anilines is 1. The maximum atomic E-state index is 12.5. The Morgan fingerprint density at radius 1 is 1.28 bits per heavy atom. The summed E-state index contributed by atoms with van der Waals surface area (Å²) in [5.74, 6) is -0.594. The van der Waals surface area contributed by atoms with Crippen LogP contribution in [0.15, 0.2) is 41.8 Å². The third-order valence-electron chi connectivity index (χ3n) is 4.14. The smallest absolute Gasteiger partial charge is 0.271 e. The number of nitrogens with one attached hydrogen (secondary N) is 1. The number of amides is 2. The molecular formula is C17H17N3O4S. The van der Waals surface area contributed by atoms with E-state index in [-0.39, 0.29) is 23.4 Å². The zero-order chi connectivity index (χ0) is 17.8. The first kappa shape index (κ1) is 17.1. The van der Waals surface area contributed by atoms with Crippen molar-refractivity contribution in [2.24, 2.45) is 5.92 Å². The summed E-state index contributed by atoms with van der Waals surface area (Å²) in [6.07, 6.45) is 1.44. The first-order chi connectivity index (χ1) is 12.0. The summed E-state index contributed by atoms with van der Waals surface area (Å²) >= 11 is 1.39. The molecule has 0 aliphatic carbocycles. The third kappa shape index (κ3) is 4.03. The molecule has 1 aromatic carbocycles. The minimum Gasteiger partial charge on any atom is -0.337 e. The molecule has 1 fully saturated rings. The molecule has 1 aromatic heterocycles. The molecular weight excluding hydrogens is 342 g/mol. The number of carbonyl (C=O) groups is 2. The summed E-state index contributed by atoms with van der Waals surface area (Å²) in [7, 11) is 0. The highest BCUT2D eigenvalue weighted by Crippen LogP contribution is 2.23. The largest absolute Gasteiger partial charge is 0.337 e. The number of non-ortho nitro benzene ring substituents is 1. The van der Waals surface area contributed by atoms with Gasteiger partial charge in [-0.2, -0.15) is 0 Å². The summed E-state index contributed by atoms with van der Waals surface area (Å²) < 4.78 is 0. The Morgan fingerprint density at radius 2 is 2.12 bits per heavy atom. The quantitative estimate of drug-likeness (QED) is 0.670. The zero-order valence-electron chi connectivity index (χ0n) is 13.4. The molecule has 0 saturated carbocycles. The molecule has 1 N–H and O–H groups in total. The Kier molecular flexibility index (Phi) is 5.08. The van der Waals surface area contributed by atoms with Crippen molar-refractivity contribution in [1.82, 2.24) is 4.90 Å². The van der Waals surface area contributed by atoms with Gasteiger partial charge in [-0.15, -0.1) is 11.3 Å². The summed E-state index contributed by atoms with van der Waals surface area (Å²) in [6, 6.07) is 9.45. The van der Waals surface area contributed by atoms with Gasteiger partial charge in [0.05, 0.1) is 15.7 Å². The van der Waals surface area contributed by atoms with Crippen LogP contribution in [0.5, 0.6) is 0 Å². The van der Waals surface area contributed by atoms with Crippen LogP contribution in [0.25, 0.3) is 0 Å². The Bertz CT molecular complexity index is 791. The fraction of sp³-hybridized carbons (Fsp3) is 0.294. The van der Waals surface area contributed by atoms with Crippen molar-refractivity contribution in [2.75, 3.05) is 18.4 Å². The number of rotatable bonds is 4. The van der Waals surface area contributed by atoms with E-state index in [9.17, 15) is 19.7 Å². The number of likely N-dealkylation sites (tertiary alicyclic amines) is 1. The third-order valence-corrected chi connectivity index (χ3v) is 4.99. The van der Waals surface area contributed by atoms with Crippen LogP contribution in [0.3, 0.4) is 0 Å². The number of nitrogens with zero attached hydrogens (tertiary/aromatic N) is 2. The van der Waals surface area contributed by atoms with Crippen molar-refractivity contribution in [1.29, 1.82) is 0 Å². The van der Waals surface area contributed by atoms with Crippen LogP contribution in [-0.4, -0.2) is 34.7 Å². The van der Waals surface area contributed by atoms with Crippen molar-refractivity contribution in [3.05, 3.63) is 56.8 Å². The Morgan fingerprint density at radius 3 is 2.84 bits per heavy atom. The second kappa shape index (κ2) is 7.43. The number of nitro groups is 1. The molecule has 1 aliphatic heterocycles. The van der Waals surface area contributed by atoms with Gasteiger partial charge in [0, 0.05) is 30.9 Å². The molecule has 8 heteroatoms. The second-order valence-corrected chi connectivity index (χ2v) is 6.81. The molecule has 1 aliphatic rings. The fourth-order valence-electron chi connectivity index (χ4n) is 2.87. The fourth-order valence-corrected chi connectivity index (χ4v) is 3.56. The Hall–Kier alpha value is -2.74. The van der Waals surface area contributed by atoms with Crippen LogP contribution >= 0.6 is 11.3 Å². The average Bonchev–Trinajstić information content (AvgIpc) is 3.16. The standard InChI is InChI=1S/C17H17N3O4S/c21-16(18-13-5-1-6-14(10-13)20(23)24)12-4-2-8-19(11-12)17(22)15-7-3-9-25-15/h1,3,5-7,9-10,12H,2,4,8,11H2,(H,18,21). The molecule has 1 saturated heterocycles. The van der Waals surface area contributed by atoms with Crippen LogP contribution in [-0.2, 0) is 4.79 Å². The van der Waals surface area contributed by atoms with Crippen molar-refractivity contribution in [3.63, 3.8) is 0 Å². The topological polar surface area (TPSA) is 92.5 Å². The van der Waals surface area contributed by atoms with E-state index in [0.717, 1.165) is 6.42 Å². The van der Waals surface area contributed by atoms with Gasteiger partial charge in [-0.1, -0.05) is 12.1 Å². The van der Waals surface area contributed by atoms with E-state index < -0.39 is 4.92 Å². The maximum Gasteiger partial charge on any atom is 0.271 e. The van der Waals surface area contributed by atoms with Crippen LogP contribution in [0, 0.1) is 16.0 Å². The molecule has 7 nitrogen and oxygen atoms in total. The van der Waals surface area contributed by atoms with E-state index >= 15 is 0 Å². The molecule has 130 valence electrons. The highest BCUT2D eigenvalue weighted by atomic mass is 32.1. The number of thiophene rings is 1. The highest BCUT2D eigenvalue weighted by molar-refractivity contribution is 7.12. The van der Waals surface area contributed by atoms with Gasteiger partial charge < -0.3 is 10.2 Å². The van der Waals surface area contributed by atoms with E-state index in [2.05, 4.69) is 5.32 Å². The lowest BCUT2D eigenvalue weighted by atomic mass is 9.97. The number of piperidine rings is 1. The van der Waals surface area contributed by atoms with Gasteiger partial charge in [0.1, 0.15) is 0 Å². The molecule has 0 radical (unpaired) electrons. The first-order valence-electron chi connectivity index (χ1n) is 7.92. The minimum absolute atomic E-state index is 0.0529. The molecule has 2 heterocycles. The summed E-state index contributed by atoms with van der Waals surface area (Å²) in [5.41, 5.74) is 0.317. The maximum absolute atomic E-state index is 12.5. The minimum atomic E-state index is -0.502. The molecule has 3 rings (SSSR count). The summed E-state index contributed by atoms with van der Waals surface area (Å²) in [6.45, 7) is 0.995. The molecule has 1 unspecified atom stereocenters. The van der Waals surface area contributed by atoms with E-state index in [4.69, 9.17) is 0 Å². The van der Waals surface area contributed by atoms with Crippen molar-refractivity contribution in [2.45, 2.75) is 12.8 Å². The lowest BCUT2D eigenvalue weighted by Crippen LogP contribution is -2.43. The lowest BCUT2D eigenvalue weighted by Gasteiger charge is -2.31. The number of nitro benzene ring substituents is 1. The predicted octanol–water partition coefficient (Wildman–Crippen LogP) is 3.15. The molecule has 2 aromatic rings. The number of carbonyl (C=O) groups excluding carboxylic acids is 2. The first-order valence-corrected chi connectivity index (χ1v) is 8.80. The highest BCUT2D eigenvalue weighted by Gasteiger charge is 2.29. The summed E-state index contributed by atoms with van der Waals surface area (Å²) in [4.78, 5) is 37.6.